The van der Waals surface area contributed by atoms with Gasteiger partial charge in [0.05, 0.1) is 0 Å². The Balaban J connectivity index is 2.13. The molecule has 5 heteroatoms. The lowest BCUT2D eigenvalue weighted by Gasteiger charge is -2.07. The van der Waals surface area contributed by atoms with Crippen LogP contribution in [0.25, 0.3) is 0 Å². The molecule has 0 spiro atoms. The maximum absolute atomic E-state index is 11.4. The highest BCUT2D eigenvalue weighted by Crippen LogP contribution is 2.18. The zero-order valence-electron chi connectivity index (χ0n) is 9.77. The van der Waals surface area contributed by atoms with Crippen molar-refractivity contribution < 1.29 is 4.79 Å². The molecule has 0 saturated heterocycles. The number of rotatable bonds is 3. The summed E-state index contributed by atoms with van der Waals surface area (Å²) in [5.41, 5.74) is 2.35. The second-order valence-corrected chi connectivity index (χ2v) is 4.04. The van der Waals surface area contributed by atoms with Gasteiger partial charge in [-0.25, -0.2) is 4.98 Å². The lowest BCUT2D eigenvalue weighted by atomic mass is 10.2. The van der Waals surface area contributed by atoms with Gasteiger partial charge in [-0.3, -0.25) is 4.79 Å². The van der Waals surface area contributed by atoms with Crippen molar-refractivity contribution >= 4 is 28.9 Å². The van der Waals surface area contributed by atoms with Gasteiger partial charge >= 0.3 is 0 Å². The molecule has 1 heterocycles. The summed E-state index contributed by atoms with van der Waals surface area (Å²) in [6.07, 6.45) is 1.63. The molecule has 1 aromatic carbocycles. The molecule has 0 radical (unpaired) electrons. The molecule has 0 bridgehead atoms. The topological polar surface area (TPSA) is 54.0 Å². The van der Waals surface area contributed by atoms with E-state index in [1.165, 1.54) is 0 Å². The first-order valence-corrected chi connectivity index (χ1v) is 5.77. The summed E-state index contributed by atoms with van der Waals surface area (Å²) in [4.78, 5) is 15.3. The fraction of sp³-hybridized carbons (Fsp3) is 0.0769. The minimum atomic E-state index is -0.103. The number of nitrogens with zero attached hydrogens (tertiary/aromatic N) is 1. The Bertz CT molecular complexity index is 554. The average molecular weight is 262 g/mol. The zero-order valence-corrected chi connectivity index (χ0v) is 10.5. The quantitative estimate of drug-likeness (QED) is 0.836. The molecule has 0 aliphatic carbocycles. The van der Waals surface area contributed by atoms with Crippen LogP contribution in [0.1, 0.15) is 10.4 Å². The number of nitrogens with one attached hydrogen (secondary N) is 2. The van der Waals surface area contributed by atoms with Crippen LogP contribution in [0.4, 0.5) is 11.4 Å². The largest absolute Gasteiger partial charge is 0.355 e. The van der Waals surface area contributed by atoms with E-state index in [4.69, 9.17) is 11.6 Å². The summed E-state index contributed by atoms with van der Waals surface area (Å²) in [5.74, 6) is -0.103. The highest BCUT2D eigenvalue weighted by atomic mass is 35.5. The number of aromatic nitrogens is 1. The number of carbonyl (C=O) groups excluding carboxylic acids is 1. The third-order valence-electron chi connectivity index (χ3n) is 2.39. The van der Waals surface area contributed by atoms with Crippen LogP contribution < -0.4 is 10.6 Å². The van der Waals surface area contributed by atoms with Crippen molar-refractivity contribution in [1.29, 1.82) is 0 Å². The minimum absolute atomic E-state index is 0.103. The third-order valence-corrected chi connectivity index (χ3v) is 2.60. The molecular weight excluding hydrogens is 250 g/mol. The van der Waals surface area contributed by atoms with Crippen LogP contribution in [-0.2, 0) is 0 Å². The van der Waals surface area contributed by atoms with Gasteiger partial charge in [-0.05, 0) is 36.4 Å². The Kier molecular flexibility index (Phi) is 3.79. The van der Waals surface area contributed by atoms with Crippen molar-refractivity contribution in [2.24, 2.45) is 0 Å². The van der Waals surface area contributed by atoms with Gasteiger partial charge in [0.25, 0.3) is 5.91 Å². The van der Waals surface area contributed by atoms with Crippen LogP contribution in [0.3, 0.4) is 0 Å². The van der Waals surface area contributed by atoms with Crippen molar-refractivity contribution in [2.75, 3.05) is 12.4 Å². The van der Waals surface area contributed by atoms with Crippen LogP contribution in [0.15, 0.2) is 42.6 Å². The van der Waals surface area contributed by atoms with E-state index in [0.29, 0.717) is 10.7 Å². The predicted molar refractivity (Wildman–Crippen MR) is 72.4 cm³/mol. The summed E-state index contributed by atoms with van der Waals surface area (Å²) in [6.45, 7) is 0. The van der Waals surface area contributed by atoms with Crippen LogP contribution in [-0.4, -0.2) is 17.9 Å². The molecule has 2 N–H and O–H groups in total. The normalized spacial score (nSPS) is 9.89. The fourth-order valence-corrected chi connectivity index (χ4v) is 1.67. The van der Waals surface area contributed by atoms with Crippen molar-refractivity contribution in [3.05, 3.63) is 53.3 Å². The molecule has 0 aliphatic heterocycles. The summed E-state index contributed by atoms with van der Waals surface area (Å²) < 4.78 is 0. The maximum atomic E-state index is 11.4. The summed E-state index contributed by atoms with van der Waals surface area (Å²) >= 11 is 5.79. The molecule has 2 rings (SSSR count). The number of hydrogen-bond acceptors (Lipinski definition) is 3. The van der Waals surface area contributed by atoms with Gasteiger partial charge in [0.2, 0.25) is 0 Å². The Labute approximate surface area is 110 Å². The molecule has 1 amide bonds. The molecule has 92 valence electrons. The molecule has 18 heavy (non-hydrogen) atoms. The van der Waals surface area contributed by atoms with E-state index in [2.05, 4.69) is 15.6 Å². The number of pyridine rings is 1. The summed E-state index contributed by atoms with van der Waals surface area (Å²) in [7, 11) is 1.60. The second-order valence-electron chi connectivity index (χ2n) is 3.65. The molecule has 0 atom stereocenters. The molecule has 0 unspecified atom stereocenters. The molecule has 1 aromatic heterocycles. The van der Waals surface area contributed by atoms with Gasteiger partial charge in [-0.2, -0.15) is 0 Å². The Morgan fingerprint density at radius 1 is 1.17 bits per heavy atom. The van der Waals surface area contributed by atoms with E-state index in [0.717, 1.165) is 11.4 Å². The predicted octanol–water partition coefficient (Wildman–Crippen LogP) is 2.84. The Morgan fingerprint density at radius 3 is 2.50 bits per heavy atom. The van der Waals surface area contributed by atoms with Crippen molar-refractivity contribution in [2.45, 2.75) is 0 Å². The van der Waals surface area contributed by atoms with Crippen LogP contribution in [0.2, 0.25) is 5.15 Å². The van der Waals surface area contributed by atoms with E-state index in [1.54, 1.807) is 31.4 Å². The Hall–Kier alpha value is -2.07. The SMILES string of the molecule is CNC(=O)c1ccc(Nc2ccnc(Cl)c2)cc1. The number of hydrogen-bond donors (Lipinski definition) is 2. The summed E-state index contributed by atoms with van der Waals surface area (Å²) in [6, 6.07) is 10.7. The first-order chi connectivity index (χ1) is 8.69. The van der Waals surface area contributed by atoms with Gasteiger partial charge in [-0.15, -0.1) is 0 Å². The molecule has 0 fully saturated rings. The smallest absolute Gasteiger partial charge is 0.251 e. The summed E-state index contributed by atoms with van der Waals surface area (Å²) in [5, 5.41) is 6.18. The van der Waals surface area contributed by atoms with Gasteiger partial charge in [-0.1, -0.05) is 11.6 Å². The van der Waals surface area contributed by atoms with E-state index in [-0.39, 0.29) is 5.91 Å². The van der Waals surface area contributed by atoms with Crippen LogP contribution in [0.5, 0.6) is 0 Å². The van der Waals surface area contributed by atoms with Crippen LogP contribution >= 0.6 is 11.6 Å². The van der Waals surface area contributed by atoms with Crippen molar-refractivity contribution in [3.63, 3.8) is 0 Å². The highest BCUT2D eigenvalue weighted by molar-refractivity contribution is 6.29. The van der Waals surface area contributed by atoms with E-state index >= 15 is 0 Å². The molecule has 2 aromatic rings. The van der Waals surface area contributed by atoms with Gasteiger partial charge in [0, 0.05) is 30.2 Å². The molecule has 4 nitrogen and oxygen atoms in total. The van der Waals surface area contributed by atoms with Crippen LogP contribution in [0, 0.1) is 0 Å². The van der Waals surface area contributed by atoms with E-state index in [1.807, 2.05) is 18.2 Å². The monoisotopic (exact) mass is 261 g/mol. The number of benzene rings is 1. The highest BCUT2D eigenvalue weighted by Gasteiger charge is 2.02. The lowest BCUT2D eigenvalue weighted by molar-refractivity contribution is 0.0963. The molecule has 0 saturated carbocycles. The average Bonchev–Trinajstić information content (AvgIpc) is 2.39. The third kappa shape index (κ3) is 2.99. The fourth-order valence-electron chi connectivity index (χ4n) is 1.50. The molecule has 0 aliphatic rings. The van der Waals surface area contributed by atoms with E-state index in [9.17, 15) is 4.79 Å². The van der Waals surface area contributed by atoms with Crippen molar-refractivity contribution in [3.8, 4) is 0 Å². The number of halogens is 1. The number of anilines is 2. The first kappa shape index (κ1) is 12.4. The van der Waals surface area contributed by atoms with Gasteiger partial charge < -0.3 is 10.6 Å². The van der Waals surface area contributed by atoms with Gasteiger partial charge in [0.15, 0.2) is 0 Å². The van der Waals surface area contributed by atoms with Gasteiger partial charge in [0.1, 0.15) is 5.15 Å². The number of amides is 1. The van der Waals surface area contributed by atoms with Crippen molar-refractivity contribution in [1.82, 2.24) is 10.3 Å². The zero-order chi connectivity index (χ0) is 13.0. The minimum Gasteiger partial charge on any atom is -0.355 e. The molecular formula is C13H12ClN3O. The standard InChI is InChI=1S/C13H12ClN3O/c1-15-13(18)9-2-4-10(5-3-9)17-11-6-7-16-12(14)8-11/h2-8H,1H3,(H,15,18)(H,16,17). The maximum Gasteiger partial charge on any atom is 0.251 e. The number of carbonyl (C=O) groups is 1. The first-order valence-electron chi connectivity index (χ1n) is 5.40. The lowest BCUT2D eigenvalue weighted by Crippen LogP contribution is -2.17. The Morgan fingerprint density at radius 2 is 1.89 bits per heavy atom. The van der Waals surface area contributed by atoms with E-state index < -0.39 is 0 Å². The second kappa shape index (κ2) is 5.51.